The molecule has 4 aromatic rings. The van der Waals surface area contributed by atoms with Gasteiger partial charge in [-0.05, 0) is 65.1 Å². The van der Waals surface area contributed by atoms with E-state index >= 15 is 0 Å². The molecule has 2 N–H and O–H groups in total. The molecule has 1 aromatic heterocycles. The highest BCUT2D eigenvalue weighted by Crippen LogP contribution is 2.39. The Hall–Kier alpha value is -4.28. The number of ether oxygens (including phenoxy) is 4. The summed E-state index contributed by atoms with van der Waals surface area (Å²) in [7, 11) is 3.32. The molecule has 0 spiro atoms. The summed E-state index contributed by atoms with van der Waals surface area (Å²) in [6.07, 6.45) is 3.82. The Labute approximate surface area is 257 Å². The van der Waals surface area contributed by atoms with Gasteiger partial charge in [-0.1, -0.05) is 36.4 Å². The van der Waals surface area contributed by atoms with E-state index < -0.39 is 6.29 Å². The van der Waals surface area contributed by atoms with E-state index in [4.69, 9.17) is 18.9 Å². The number of carbonyl (C=O) groups excluding carboxylic acids is 1. The van der Waals surface area contributed by atoms with Crippen LogP contribution in [-0.2, 0) is 29.0 Å². The lowest BCUT2D eigenvalue weighted by molar-refractivity contribution is -0.253. The first kappa shape index (κ1) is 29.8. The zero-order valence-electron chi connectivity index (χ0n) is 24.9. The third kappa shape index (κ3) is 6.76. The number of pyridine rings is 1. The van der Waals surface area contributed by atoms with Crippen molar-refractivity contribution in [1.82, 2.24) is 9.88 Å². The van der Waals surface area contributed by atoms with E-state index in [1.54, 1.807) is 32.5 Å². The van der Waals surface area contributed by atoms with Crippen molar-refractivity contribution in [3.8, 4) is 11.5 Å². The molecule has 1 amide bonds. The predicted octanol–water partition coefficient (Wildman–Crippen LogP) is 5.45. The van der Waals surface area contributed by atoms with E-state index in [0.717, 1.165) is 54.2 Å². The Kier molecular flexibility index (Phi) is 9.18. The number of anilines is 1. The fourth-order valence-corrected chi connectivity index (χ4v) is 5.88. The fourth-order valence-electron chi connectivity index (χ4n) is 5.88. The molecule has 6 rings (SSSR count). The van der Waals surface area contributed by atoms with E-state index in [-0.39, 0.29) is 24.7 Å². The molecule has 0 unspecified atom stereocenters. The number of aliphatic hydroxyl groups is 1. The van der Waals surface area contributed by atoms with Gasteiger partial charge in [-0.3, -0.25) is 14.7 Å². The average molecular weight is 596 g/mol. The number of rotatable bonds is 9. The molecule has 0 aliphatic carbocycles. The van der Waals surface area contributed by atoms with Crippen LogP contribution in [0.25, 0.3) is 0 Å². The van der Waals surface area contributed by atoms with Crippen molar-refractivity contribution < 1.29 is 28.8 Å². The average Bonchev–Trinajstić information content (AvgIpc) is 3.08. The number of nitrogens with one attached hydrogen (secondary N) is 1. The summed E-state index contributed by atoms with van der Waals surface area (Å²) in [4.78, 5) is 19.2. The molecule has 9 heteroatoms. The van der Waals surface area contributed by atoms with Crippen LogP contribution in [0, 0.1) is 0 Å². The maximum Gasteiger partial charge on any atom is 0.257 e. The highest BCUT2D eigenvalue weighted by Gasteiger charge is 2.34. The van der Waals surface area contributed by atoms with Crippen LogP contribution in [-0.4, -0.2) is 54.3 Å². The quantitative estimate of drug-likeness (QED) is 0.264. The molecular formula is C35H37N3O6. The maximum atomic E-state index is 12.8. The number of benzene rings is 3. The molecule has 2 aliphatic heterocycles. The number of hydrogen-bond donors (Lipinski definition) is 2. The van der Waals surface area contributed by atoms with Gasteiger partial charge in [0, 0.05) is 49.7 Å². The highest BCUT2D eigenvalue weighted by molar-refractivity contribution is 6.04. The zero-order chi connectivity index (χ0) is 30.5. The lowest BCUT2D eigenvalue weighted by atomic mass is 9.97. The molecule has 44 heavy (non-hydrogen) atoms. The number of nitrogens with zero attached hydrogens (tertiary/aromatic N) is 2. The normalized spacial score (nSPS) is 20.0. The van der Waals surface area contributed by atoms with Gasteiger partial charge >= 0.3 is 0 Å². The summed E-state index contributed by atoms with van der Waals surface area (Å²) < 4.78 is 24.2. The third-order valence-electron chi connectivity index (χ3n) is 8.21. The Balaban J connectivity index is 1.22. The minimum atomic E-state index is -0.632. The van der Waals surface area contributed by atoms with E-state index in [9.17, 15) is 9.90 Å². The number of hydrogen-bond acceptors (Lipinski definition) is 8. The third-order valence-corrected chi connectivity index (χ3v) is 8.21. The number of aromatic nitrogens is 1. The molecule has 0 bridgehead atoms. The van der Waals surface area contributed by atoms with Gasteiger partial charge in [0.2, 0.25) is 0 Å². The summed E-state index contributed by atoms with van der Waals surface area (Å²) in [6, 6.07) is 23.1. The number of methoxy groups -OCH3 is 2. The Morgan fingerprint density at radius 2 is 1.77 bits per heavy atom. The summed E-state index contributed by atoms with van der Waals surface area (Å²) in [5.74, 6) is 1.25. The van der Waals surface area contributed by atoms with E-state index in [1.165, 1.54) is 17.3 Å². The van der Waals surface area contributed by atoms with Gasteiger partial charge in [-0.2, -0.15) is 0 Å². The van der Waals surface area contributed by atoms with Crippen LogP contribution in [0.3, 0.4) is 0 Å². The number of aliphatic hydroxyl groups excluding tert-OH is 1. The van der Waals surface area contributed by atoms with Crippen molar-refractivity contribution in [2.24, 2.45) is 0 Å². The standard InChI is InChI=1S/C35H37N3O6/c1-41-32-16-25-12-14-38(20-28(25)17-33(32)42-2)21-30-18-31(24-10-8-23(22-39)9-11-24)44-35(43-30)26-5-3-7-29(15-26)37-34(40)27-6-4-13-36-19-27/h3-11,13,15-17,19,30-31,35,39H,12,14,18,20-22H2,1-2H3,(H,37,40)/t30-,31+,35+/m0/s1. The van der Waals surface area contributed by atoms with Gasteiger partial charge in [0.05, 0.1) is 38.6 Å². The Morgan fingerprint density at radius 1 is 0.977 bits per heavy atom. The molecular weight excluding hydrogens is 558 g/mol. The second-order valence-electron chi connectivity index (χ2n) is 11.1. The second-order valence-corrected chi connectivity index (χ2v) is 11.1. The van der Waals surface area contributed by atoms with Gasteiger partial charge in [-0.25, -0.2) is 0 Å². The molecule has 228 valence electrons. The van der Waals surface area contributed by atoms with Crippen LogP contribution >= 0.6 is 0 Å². The zero-order valence-corrected chi connectivity index (χ0v) is 24.9. The number of fused-ring (bicyclic) bond motifs is 1. The van der Waals surface area contributed by atoms with Gasteiger partial charge in [0.25, 0.3) is 5.91 Å². The van der Waals surface area contributed by atoms with E-state index in [2.05, 4.69) is 27.3 Å². The largest absolute Gasteiger partial charge is 0.493 e. The van der Waals surface area contributed by atoms with Gasteiger partial charge in [0.15, 0.2) is 17.8 Å². The Bertz CT molecular complexity index is 1580. The van der Waals surface area contributed by atoms with Crippen molar-refractivity contribution >= 4 is 11.6 Å². The monoisotopic (exact) mass is 595 g/mol. The molecule has 0 saturated carbocycles. The maximum absolute atomic E-state index is 12.8. The van der Waals surface area contributed by atoms with E-state index in [0.29, 0.717) is 17.7 Å². The van der Waals surface area contributed by atoms with Gasteiger partial charge in [-0.15, -0.1) is 0 Å². The predicted molar refractivity (Wildman–Crippen MR) is 166 cm³/mol. The number of carbonyl (C=O) groups is 1. The van der Waals surface area contributed by atoms with Crippen molar-refractivity contribution in [3.63, 3.8) is 0 Å². The molecule has 0 radical (unpaired) electrons. The molecule has 3 atom stereocenters. The lowest BCUT2D eigenvalue weighted by Gasteiger charge is -2.39. The lowest BCUT2D eigenvalue weighted by Crippen LogP contribution is -2.41. The van der Waals surface area contributed by atoms with Crippen LogP contribution in [0.15, 0.2) is 85.2 Å². The summed E-state index contributed by atoms with van der Waals surface area (Å²) in [5, 5.41) is 12.5. The SMILES string of the molecule is COc1cc2c(cc1OC)CN(C[C@@H]1C[C@H](c3ccc(CO)cc3)O[C@H](c3cccc(NC(=O)c4cccnc4)c3)O1)CC2. The minimum Gasteiger partial charge on any atom is -0.493 e. The smallest absolute Gasteiger partial charge is 0.257 e. The van der Waals surface area contributed by atoms with Crippen LogP contribution < -0.4 is 14.8 Å². The summed E-state index contributed by atoms with van der Waals surface area (Å²) in [6.45, 7) is 2.41. The van der Waals surface area contributed by atoms with Crippen molar-refractivity contribution in [2.75, 3.05) is 32.6 Å². The number of amides is 1. The topological polar surface area (TPSA) is 102 Å². The summed E-state index contributed by atoms with van der Waals surface area (Å²) in [5.41, 5.74) is 6.33. The fraction of sp³-hybridized carbons (Fsp3) is 0.314. The van der Waals surface area contributed by atoms with Crippen LogP contribution in [0.1, 0.15) is 57.0 Å². The van der Waals surface area contributed by atoms with Gasteiger partial charge in [0.1, 0.15) is 0 Å². The molecule has 3 aromatic carbocycles. The van der Waals surface area contributed by atoms with Crippen LogP contribution in [0.2, 0.25) is 0 Å². The van der Waals surface area contributed by atoms with Gasteiger partial charge < -0.3 is 29.4 Å². The first-order valence-electron chi connectivity index (χ1n) is 14.8. The minimum absolute atomic E-state index is 0.00911. The molecule has 1 fully saturated rings. The first-order valence-corrected chi connectivity index (χ1v) is 14.8. The van der Waals surface area contributed by atoms with E-state index in [1.807, 2.05) is 48.5 Å². The molecule has 1 saturated heterocycles. The van der Waals surface area contributed by atoms with Crippen molar-refractivity contribution in [2.45, 2.75) is 44.5 Å². The van der Waals surface area contributed by atoms with Crippen molar-refractivity contribution in [3.05, 3.63) is 119 Å². The van der Waals surface area contributed by atoms with Crippen molar-refractivity contribution in [1.29, 1.82) is 0 Å². The summed E-state index contributed by atoms with van der Waals surface area (Å²) >= 11 is 0. The molecule has 2 aliphatic rings. The Morgan fingerprint density at radius 3 is 2.50 bits per heavy atom. The first-order chi connectivity index (χ1) is 21.5. The van der Waals surface area contributed by atoms with Crippen LogP contribution in [0.4, 0.5) is 5.69 Å². The highest BCUT2D eigenvalue weighted by atomic mass is 16.7. The second kappa shape index (κ2) is 13.6. The van der Waals surface area contributed by atoms with Crippen LogP contribution in [0.5, 0.6) is 11.5 Å². The molecule has 9 nitrogen and oxygen atoms in total. The molecule has 3 heterocycles.